The van der Waals surface area contributed by atoms with Crippen LogP contribution >= 0.6 is 11.6 Å². The van der Waals surface area contributed by atoms with Crippen LogP contribution in [0.1, 0.15) is 18.1 Å². The van der Waals surface area contributed by atoms with E-state index in [2.05, 4.69) is 5.32 Å². The first-order valence-electron chi connectivity index (χ1n) is 11.0. The number of sulfonamides is 1. The van der Waals surface area contributed by atoms with Gasteiger partial charge in [-0.3, -0.25) is 13.9 Å². The molecule has 3 rings (SSSR count). The lowest BCUT2D eigenvalue weighted by molar-refractivity contribution is -0.139. The molecule has 0 unspecified atom stereocenters. The minimum atomic E-state index is -4.11. The van der Waals surface area contributed by atoms with Gasteiger partial charge in [0.2, 0.25) is 11.8 Å². The van der Waals surface area contributed by atoms with Gasteiger partial charge in [0.25, 0.3) is 10.0 Å². The molecule has 1 N–H and O–H groups in total. The van der Waals surface area contributed by atoms with E-state index in [-0.39, 0.29) is 23.0 Å². The van der Waals surface area contributed by atoms with Gasteiger partial charge in [-0.25, -0.2) is 8.42 Å². The van der Waals surface area contributed by atoms with Crippen LogP contribution in [0.3, 0.4) is 0 Å². The molecule has 0 aromatic heterocycles. The molecule has 0 aliphatic rings. The average Bonchev–Trinajstić information content (AvgIpc) is 2.87. The van der Waals surface area contributed by atoms with Gasteiger partial charge in [0, 0.05) is 18.6 Å². The van der Waals surface area contributed by atoms with E-state index in [1.54, 1.807) is 44.2 Å². The summed E-state index contributed by atoms with van der Waals surface area (Å²) in [7, 11) is -2.62. The molecule has 0 saturated carbocycles. The van der Waals surface area contributed by atoms with Gasteiger partial charge < -0.3 is 10.2 Å². The van der Waals surface area contributed by atoms with Crippen molar-refractivity contribution < 1.29 is 18.0 Å². The number of nitrogens with zero attached hydrogens (tertiary/aromatic N) is 2. The Labute approximate surface area is 211 Å². The SMILES string of the molecule is CNC(=O)[C@H](C)N(Cc1ccccc1)C(=O)CN(c1ccc(C)c(Cl)c1)S(=O)(=O)c1ccccc1. The molecular formula is C26H28ClN3O4S. The Morgan fingerprint density at radius 2 is 1.57 bits per heavy atom. The zero-order valence-corrected chi connectivity index (χ0v) is 21.4. The molecule has 0 bridgehead atoms. The lowest BCUT2D eigenvalue weighted by Gasteiger charge is -2.31. The Balaban J connectivity index is 2.04. The van der Waals surface area contributed by atoms with Gasteiger partial charge in [0.15, 0.2) is 0 Å². The fourth-order valence-corrected chi connectivity index (χ4v) is 5.16. The molecule has 1 atom stereocenters. The first kappa shape index (κ1) is 26.2. The van der Waals surface area contributed by atoms with Crippen molar-refractivity contribution in [3.8, 4) is 0 Å². The van der Waals surface area contributed by atoms with Crippen LogP contribution < -0.4 is 9.62 Å². The summed E-state index contributed by atoms with van der Waals surface area (Å²) in [4.78, 5) is 27.5. The number of benzene rings is 3. The highest BCUT2D eigenvalue weighted by atomic mass is 35.5. The number of rotatable bonds is 9. The smallest absolute Gasteiger partial charge is 0.264 e. The highest BCUT2D eigenvalue weighted by Gasteiger charge is 2.32. The Morgan fingerprint density at radius 3 is 2.14 bits per heavy atom. The maximum absolute atomic E-state index is 13.6. The van der Waals surface area contributed by atoms with Crippen LogP contribution in [0.4, 0.5) is 5.69 Å². The molecule has 9 heteroatoms. The van der Waals surface area contributed by atoms with Crippen molar-refractivity contribution in [3.63, 3.8) is 0 Å². The van der Waals surface area contributed by atoms with Crippen LogP contribution in [0.15, 0.2) is 83.8 Å². The number of carbonyl (C=O) groups is 2. The monoisotopic (exact) mass is 513 g/mol. The van der Waals surface area contributed by atoms with Crippen molar-refractivity contribution >= 4 is 39.1 Å². The van der Waals surface area contributed by atoms with Gasteiger partial charge in [-0.2, -0.15) is 0 Å². The average molecular weight is 514 g/mol. The first-order chi connectivity index (χ1) is 16.6. The predicted molar refractivity (Wildman–Crippen MR) is 138 cm³/mol. The van der Waals surface area contributed by atoms with E-state index < -0.39 is 28.5 Å². The van der Waals surface area contributed by atoms with E-state index in [0.717, 1.165) is 15.4 Å². The molecule has 184 valence electrons. The maximum atomic E-state index is 13.6. The third-order valence-electron chi connectivity index (χ3n) is 5.66. The topological polar surface area (TPSA) is 86.8 Å². The number of anilines is 1. The van der Waals surface area contributed by atoms with E-state index in [4.69, 9.17) is 11.6 Å². The van der Waals surface area contributed by atoms with Gasteiger partial charge in [0.05, 0.1) is 10.6 Å². The zero-order chi connectivity index (χ0) is 25.6. The molecule has 0 spiro atoms. The second-order valence-corrected chi connectivity index (χ2v) is 10.3. The summed E-state index contributed by atoms with van der Waals surface area (Å²) in [5, 5.41) is 2.94. The number of hydrogen-bond acceptors (Lipinski definition) is 4. The van der Waals surface area contributed by atoms with E-state index in [9.17, 15) is 18.0 Å². The number of nitrogens with one attached hydrogen (secondary N) is 1. The van der Waals surface area contributed by atoms with E-state index in [1.165, 1.54) is 30.1 Å². The van der Waals surface area contributed by atoms with Crippen molar-refractivity contribution in [2.75, 3.05) is 17.9 Å². The number of aryl methyl sites for hydroxylation is 1. The molecule has 7 nitrogen and oxygen atoms in total. The Bertz CT molecular complexity index is 1280. The van der Waals surface area contributed by atoms with Gasteiger partial charge >= 0.3 is 0 Å². The molecule has 0 fully saturated rings. The molecular weight excluding hydrogens is 486 g/mol. The summed E-state index contributed by atoms with van der Waals surface area (Å²) in [6.45, 7) is 3.05. The van der Waals surface area contributed by atoms with Gasteiger partial charge in [-0.05, 0) is 49.2 Å². The van der Waals surface area contributed by atoms with Gasteiger partial charge in [-0.1, -0.05) is 66.2 Å². The van der Waals surface area contributed by atoms with Crippen molar-refractivity contribution in [3.05, 3.63) is 95.0 Å². The molecule has 0 saturated heterocycles. The summed E-state index contributed by atoms with van der Waals surface area (Å²) >= 11 is 6.30. The number of carbonyl (C=O) groups excluding carboxylic acids is 2. The summed E-state index contributed by atoms with van der Waals surface area (Å²) in [6, 6.07) is 21.1. The molecule has 3 aromatic rings. The van der Waals surface area contributed by atoms with E-state index in [1.807, 2.05) is 30.3 Å². The van der Waals surface area contributed by atoms with Crippen LogP contribution in [-0.4, -0.2) is 44.8 Å². The Kier molecular flexibility index (Phi) is 8.53. The van der Waals surface area contributed by atoms with Crippen LogP contribution in [-0.2, 0) is 26.2 Å². The maximum Gasteiger partial charge on any atom is 0.264 e. The largest absolute Gasteiger partial charge is 0.357 e. The van der Waals surface area contributed by atoms with Crippen molar-refractivity contribution in [2.45, 2.75) is 31.3 Å². The lowest BCUT2D eigenvalue weighted by atomic mass is 10.1. The van der Waals surface area contributed by atoms with Crippen LogP contribution in [0.2, 0.25) is 5.02 Å². The van der Waals surface area contributed by atoms with Crippen molar-refractivity contribution in [1.29, 1.82) is 0 Å². The minimum absolute atomic E-state index is 0.0402. The molecule has 2 amide bonds. The molecule has 3 aromatic carbocycles. The van der Waals surface area contributed by atoms with E-state index in [0.29, 0.717) is 5.02 Å². The predicted octanol–water partition coefficient (Wildman–Crippen LogP) is 4.01. The molecule has 0 aliphatic carbocycles. The minimum Gasteiger partial charge on any atom is -0.357 e. The van der Waals surface area contributed by atoms with Crippen LogP contribution in [0, 0.1) is 6.92 Å². The second kappa shape index (κ2) is 11.4. The fourth-order valence-electron chi connectivity index (χ4n) is 3.56. The van der Waals surface area contributed by atoms with Crippen LogP contribution in [0.5, 0.6) is 0 Å². The molecule has 0 heterocycles. The first-order valence-corrected chi connectivity index (χ1v) is 12.9. The highest BCUT2D eigenvalue weighted by Crippen LogP contribution is 2.28. The van der Waals surface area contributed by atoms with Crippen molar-refractivity contribution in [2.24, 2.45) is 0 Å². The van der Waals surface area contributed by atoms with Gasteiger partial charge in [-0.15, -0.1) is 0 Å². The number of likely N-dealkylation sites (N-methyl/N-ethyl adjacent to an activating group) is 1. The Hall–Kier alpha value is -3.36. The van der Waals surface area contributed by atoms with Crippen molar-refractivity contribution in [1.82, 2.24) is 10.2 Å². The van der Waals surface area contributed by atoms with E-state index >= 15 is 0 Å². The van der Waals surface area contributed by atoms with Gasteiger partial charge in [0.1, 0.15) is 12.6 Å². The number of hydrogen-bond donors (Lipinski definition) is 1. The Morgan fingerprint density at radius 1 is 0.971 bits per heavy atom. The standard InChI is InChI=1S/C26H28ClN3O4S/c1-19-14-15-22(16-24(19)27)30(35(33,34)23-12-8-5-9-13-23)18-25(31)29(20(2)26(32)28-3)17-21-10-6-4-7-11-21/h4-16,20H,17-18H2,1-3H3,(H,28,32)/t20-/m0/s1. The second-order valence-electron chi connectivity index (χ2n) is 8.06. The highest BCUT2D eigenvalue weighted by molar-refractivity contribution is 7.92. The van der Waals surface area contributed by atoms with Crippen LogP contribution in [0.25, 0.3) is 0 Å². The zero-order valence-electron chi connectivity index (χ0n) is 19.8. The summed E-state index contributed by atoms with van der Waals surface area (Å²) < 4.78 is 28.3. The number of halogens is 1. The molecule has 0 radical (unpaired) electrons. The molecule has 0 aliphatic heterocycles. The quantitative estimate of drug-likeness (QED) is 0.468. The summed E-state index contributed by atoms with van der Waals surface area (Å²) in [6.07, 6.45) is 0. The lowest BCUT2D eigenvalue weighted by Crippen LogP contribution is -2.50. The number of amides is 2. The fraction of sp³-hybridized carbons (Fsp3) is 0.231. The third-order valence-corrected chi connectivity index (χ3v) is 7.86. The molecule has 35 heavy (non-hydrogen) atoms. The third kappa shape index (κ3) is 6.21. The normalized spacial score (nSPS) is 12.0. The summed E-state index contributed by atoms with van der Waals surface area (Å²) in [5.74, 6) is -0.883. The summed E-state index contributed by atoms with van der Waals surface area (Å²) in [5.41, 5.74) is 1.84.